The van der Waals surface area contributed by atoms with E-state index in [9.17, 15) is 4.79 Å². The highest BCUT2D eigenvalue weighted by atomic mass is 32.2. The fourth-order valence-electron chi connectivity index (χ4n) is 5.31. The van der Waals surface area contributed by atoms with Crippen LogP contribution in [0.1, 0.15) is 50.2 Å². The minimum Gasteiger partial charge on any atom is -0.493 e. The van der Waals surface area contributed by atoms with Crippen LogP contribution in [0.2, 0.25) is 0 Å². The summed E-state index contributed by atoms with van der Waals surface area (Å²) in [7, 11) is 1.67. The maximum Gasteiger partial charge on any atom is 0.123 e. The van der Waals surface area contributed by atoms with Crippen molar-refractivity contribution in [2.75, 3.05) is 51.7 Å². The van der Waals surface area contributed by atoms with Gasteiger partial charge in [-0.1, -0.05) is 55.8 Å². The lowest BCUT2D eigenvalue weighted by molar-refractivity contribution is -0.112. The lowest BCUT2D eigenvalue weighted by Crippen LogP contribution is -2.23. The largest absolute Gasteiger partial charge is 0.493 e. The molecule has 4 rings (SSSR count). The Kier molecular flexibility index (Phi) is 14.1. The average molecular weight is 618 g/mol. The van der Waals surface area contributed by atoms with E-state index in [4.69, 9.17) is 25.0 Å². The zero-order chi connectivity index (χ0) is 31.0. The summed E-state index contributed by atoms with van der Waals surface area (Å²) in [5.41, 5.74) is 11.5. The highest BCUT2D eigenvalue weighted by molar-refractivity contribution is 7.99. The van der Waals surface area contributed by atoms with Crippen LogP contribution in [0.4, 0.5) is 5.69 Å². The van der Waals surface area contributed by atoms with Crippen molar-refractivity contribution in [3.05, 3.63) is 77.9 Å². The molecule has 236 valence electrons. The molecule has 0 aromatic heterocycles. The summed E-state index contributed by atoms with van der Waals surface area (Å²) in [5, 5.41) is 6.96. The van der Waals surface area contributed by atoms with Crippen LogP contribution in [0, 0.1) is 11.8 Å². The number of carbonyl (C=O) groups excluding carboxylic acids is 1. The van der Waals surface area contributed by atoms with Gasteiger partial charge in [0, 0.05) is 29.2 Å². The standard InChI is InChI=1S/C36H47N3O4S/c1-3-6-28-13-15-31(16-14-28)34-18-17-33(43-26-30-11-9-29(25-40)10-12-30)23-32(34)24-38-39(19-20-42-22-21-41-2)27-44-36-8-5-4-7-35(36)37/h4-5,7-8,13-18,23-25,29-30H,3,6,9-12,19-22,26-27,37H2,1-2H3/b38-24+. The number of ether oxygens (including phenoxy) is 3. The van der Waals surface area contributed by atoms with Gasteiger partial charge in [0.1, 0.15) is 12.0 Å². The maximum absolute atomic E-state index is 11.2. The number of nitrogens with two attached hydrogens (primary N) is 1. The van der Waals surface area contributed by atoms with E-state index in [-0.39, 0.29) is 5.92 Å². The zero-order valence-electron chi connectivity index (χ0n) is 26.2. The van der Waals surface area contributed by atoms with Crippen LogP contribution >= 0.6 is 11.8 Å². The molecule has 8 heteroatoms. The molecule has 0 unspecified atom stereocenters. The van der Waals surface area contributed by atoms with Crippen LogP contribution in [0.5, 0.6) is 5.75 Å². The van der Waals surface area contributed by atoms with Crippen molar-refractivity contribution in [2.45, 2.75) is 50.3 Å². The molecule has 0 atom stereocenters. The van der Waals surface area contributed by atoms with E-state index in [0.29, 0.717) is 44.8 Å². The van der Waals surface area contributed by atoms with Crippen LogP contribution in [0.3, 0.4) is 0 Å². The number of carbonyl (C=O) groups is 1. The second-order valence-electron chi connectivity index (χ2n) is 11.3. The second kappa shape index (κ2) is 18.5. The number of aryl methyl sites for hydroxylation is 1. The van der Waals surface area contributed by atoms with E-state index in [0.717, 1.165) is 77.8 Å². The number of nitrogens with zero attached hydrogens (tertiary/aromatic N) is 2. The highest BCUT2D eigenvalue weighted by Crippen LogP contribution is 2.31. The van der Waals surface area contributed by atoms with Crippen molar-refractivity contribution in [3.8, 4) is 16.9 Å². The van der Waals surface area contributed by atoms with Gasteiger partial charge < -0.3 is 24.7 Å². The minimum atomic E-state index is 0.210. The first-order valence-electron chi connectivity index (χ1n) is 15.7. The molecule has 0 spiro atoms. The third kappa shape index (κ3) is 10.7. The molecule has 1 saturated carbocycles. The quantitative estimate of drug-likeness (QED) is 0.0304. The van der Waals surface area contributed by atoms with Gasteiger partial charge in [-0.15, -0.1) is 11.8 Å². The first-order chi connectivity index (χ1) is 21.6. The predicted octanol–water partition coefficient (Wildman–Crippen LogP) is 7.32. The van der Waals surface area contributed by atoms with Gasteiger partial charge in [-0.25, -0.2) is 0 Å². The van der Waals surface area contributed by atoms with Gasteiger partial charge in [-0.05, 0) is 79.0 Å². The van der Waals surface area contributed by atoms with Gasteiger partial charge in [-0.3, -0.25) is 5.01 Å². The molecule has 0 amide bonds. The Hall–Kier alpha value is -3.33. The van der Waals surface area contributed by atoms with Gasteiger partial charge in [0.05, 0.1) is 45.1 Å². The lowest BCUT2D eigenvalue weighted by atomic mass is 9.83. The van der Waals surface area contributed by atoms with Crippen LogP contribution in [-0.2, 0) is 20.7 Å². The zero-order valence-corrected chi connectivity index (χ0v) is 27.0. The first kappa shape index (κ1) is 33.6. The van der Waals surface area contributed by atoms with Crippen molar-refractivity contribution in [1.82, 2.24) is 5.01 Å². The number of methoxy groups -OCH3 is 1. The molecular weight excluding hydrogens is 570 g/mol. The number of para-hydroxylation sites is 1. The number of nitrogen functional groups attached to an aromatic ring is 1. The van der Waals surface area contributed by atoms with Crippen molar-refractivity contribution in [1.29, 1.82) is 0 Å². The van der Waals surface area contributed by atoms with Crippen LogP contribution < -0.4 is 10.5 Å². The predicted molar refractivity (Wildman–Crippen MR) is 181 cm³/mol. The summed E-state index contributed by atoms with van der Waals surface area (Å²) in [6, 6.07) is 23.0. The lowest BCUT2D eigenvalue weighted by Gasteiger charge is -2.25. The SMILES string of the molecule is CCCc1ccc(-c2ccc(OCC3CCC(C=O)CC3)cc2/C=N/N(CCOCCOC)CSc2ccccc2N)cc1. The summed E-state index contributed by atoms with van der Waals surface area (Å²) in [6.07, 6.45) is 9.22. The fraction of sp³-hybridized carbons (Fsp3) is 0.444. The molecule has 0 saturated heterocycles. The molecule has 7 nitrogen and oxygen atoms in total. The topological polar surface area (TPSA) is 86.4 Å². The Morgan fingerprint density at radius 1 is 1.00 bits per heavy atom. The maximum atomic E-state index is 11.2. The first-order valence-corrected chi connectivity index (χ1v) is 16.7. The highest BCUT2D eigenvalue weighted by Gasteiger charge is 2.21. The molecule has 0 heterocycles. The number of aldehydes is 1. The van der Waals surface area contributed by atoms with Crippen molar-refractivity contribution >= 4 is 30.0 Å². The Labute approximate surface area is 267 Å². The van der Waals surface area contributed by atoms with Crippen molar-refractivity contribution in [3.63, 3.8) is 0 Å². The Morgan fingerprint density at radius 3 is 2.52 bits per heavy atom. The molecule has 1 aliphatic carbocycles. The summed E-state index contributed by atoms with van der Waals surface area (Å²) < 4.78 is 17.2. The number of hydrogen-bond donors (Lipinski definition) is 1. The number of rotatable bonds is 18. The number of thioether (sulfide) groups is 1. The number of hydrogen-bond acceptors (Lipinski definition) is 8. The smallest absolute Gasteiger partial charge is 0.123 e. The van der Waals surface area contributed by atoms with Gasteiger partial charge in [-0.2, -0.15) is 5.10 Å². The summed E-state index contributed by atoms with van der Waals surface area (Å²) in [6.45, 7) is 5.13. The van der Waals surface area contributed by atoms with Crippen molar-refractivity contribution in [2.24, 2.45) is 16.9 Å². The normalized spacial score (nSPS) is 16.7. The van der Waals surface area contributed by atoms with E-state index in [2.05, 4.69) is 49.4 Å². The summed E-state index contributed by atoms with van der Waals surface area (Å²) in [5.74, 6) is 2.14. The fourth-order valence-corrected chi connectivity index (χ4v) is 6.21. The molecule has 44 heavy (non-hydrogen) atoms. The van der Waals surface area contributed by atoms with Crippen LogP contribution in [0.25, 0.3) is 11.1 Å². The molecular formula is C36H47N3O4S. The Balaban J connectivity index is 1.53. The third-order valence-corrected chi connectivity index (χ3v) is 9.08. The van der Waals surface area contributed by atoms with Gasteiger partial charge in [0.25, 0.3) is 0 Å². The monoisotopic (exact) mass is 617 g/mol. The molecule has 1 aliphatic rings. The van der Waals surface area contributed by atoms with Crippen molar-refractivity contribution < 1.29 is 19.0 Å². The molecule has 0 aliphatic heterocycles. The number of hydrazone groups is 1. The Morgan fingerprint density at radius 2 is 1.80 bits per heavy atom. The molecule has 0 bridgehead atoms. The Bertz CT molecular complexity index is 1310. The molecule has 3 aromatic carbocycles. The van der Waals surface area contributed by atoms with E-state index < -0.39 is 0 Å². The second-order valence-corrected chi connectivity index (χ2v) is 12.3. The average Bonchev–Trinajstić information content (AvgIpc) is 3.06. The molecule has 1 fully saturated rings. The van der Waals surface area contributed by atoms with E-state index in [1.54, 1.807) is 18.9 Å². The van der Waals surface area contributed by atoms with Gasteiger partial charge >= 0.3 is 0 Å². The summed E-state index contributed by atoms with van der Waals surface area (Å²) >= 11 is 1.65. The number of benzene rings is 3. The molecule has 3 aromatic rings. The van der Waals surface area contributed by atoms with E-state index in [1.165, 1.54) is 5.56 Å². The molecule has 0 radical (unpaired) electrons. The minimum absolute atomic E-state index is 0.210. The molecule has 2 N–H and O–H groups in total. The van der Waals surface area contributed by atoms with Gasteiger partial charge in [0.2, 0.25) is 0 Å². The van der Waals surface area contributed by atoms with Crippen LogP contribution in [-0.4, -0.2) is 63.5 Å². The van der Waals surface area contributed by atoms with E-state index in [1.807, 2.05) is 35.5 Å². The van der Waals surface area contributed by atoms with Crippen LogP contribution in [0.15, 0.2) is 76.7 Å². The number of anilines is 1. The third-order valence-electron chi connectivity index (χ3n) is 7.97. The van der Waals surface area contributed by atoms with Gasteiger partial charge in [0.15, 0.2) is 0 Å². The van der Waals surface area contributed by atoms with E-state index >= 15 is 0 Å². The summed E-state index contributed by atoms with van der Waals surface area (Å²) in [4.78, 5) is 12.2.